The van der Waals surface area contributed by atoms with Gasteiger partial charge < -0.3 is 35.1 Å². The normalized spacial score (nSPS) is 15.9. The number of halogens is 4. The lowest BCUT2D eigenvalue weighted by molar-refractivity contribution is -0.154. The molecule has 3 N–H and O–H groups in total. The third-order valence-corrected chi connectivity index (χ3v) is 8.04. The van der Waals surface area contributed by atoms with Crippen LogP contribution in [0.25, 0.3) is 0 Å². The molecule has 5 heterocycles. The average Bonchev–Trinajstić information content (AvgIpc) is 3.09. The summed E-state index contributed by atoms with van der Waals surface area (Å²) in [5.74, 6) is 0.196. The van der Waals surface area contributed by atoms with Crippen LogP contribution >= 0.6 is 11.6 Å². The Labute approximate surface area is 299 Å². The van der Waals surface area contributed by atoms with Crippen LogP contribution in [0.2, 0.25) is 5.02 Å². The highest BCUT2D eigenvalue weighted by atomic mass is 35.5. The monoisotopic (exact) mass is 727 g/mol. The van der Waals surface area contributed by atoms with Crippen LogP contribution in [0, 0.1) is 5.41 Å². The number of alkyl halides is 3. The molecular formula is C36H41ClF3N7O4. The maximum absolute atomic E-state index is 13.1. The number of benzene rings is 3. The number of carbonyl (C=O) groups is 1. The van der Waals surface area contributed by atoms with Gasteiger partial charge in [0.25, 0.3) is 5.91 Å². The van der Waals surface area contributed by atoms with E-state index >= 15 is 0 Å². The fourth-order valence-electron chi connectivity index (χ4n) is 5.27. The van der Waals surface area contributed by atoms with Crippen LogP contribution in [-0.2, 0) is 17.9 Å². The van der Waals surface area contributed by atoms with Crippen molar-refractivity contribution in [2.45, 2.75) is 39.6 Å². The van der Waals surface area contributed by atoms with Crippen LogP contribution in [0.4, 0.5) is 30.8 Å². The number of hydrogen-bond acceptors (Lipinski definition) is 10. The summed E-state index contributed by atoms with van der Waals surface area (Å²) in [4.78, 5) is 27.7. The summed E-state index contributed by atoms with van der Waals surface area (Å²) < 4.78 is 55.5. The first-order valence-corrected chi connectivity index (χ1v) is 16.9. The van der Waals surface area contributed by atoms with E-state index in [2.05, 4.69) is 49.6 Å². The molecule has 0 saturated carbocycles. The molecule has 15 heteroatoms. The van der Waals surface area contributed by atoms with Crippen molar-refractivity contribution < 1.29 is 32.2 Å². The highest BCUT2D eigenvalue weighted by Crippen LogP contribution is 2.27. The van der Waals surface area contributed by atoms with Gasteiger partial charge in [-0.1, -0.05) is 61.8 Å². The van der Waals surface area contributed by atoms with E-state index in [4.69, 9.17) is 25.8 Å². The Morgan fingerprint density at radius 1 is 0.980 bits per heavy atom. The molecule has 0 spiro atoms. The second-order valence-corrected chi connectivity index (χ2v) is 13.3. The molecule has 0 unspecified atom stereocenters. The lowest BCUT2D eigenvalue weighted by Gasteiger charge is -2.33. The molecule has 1 amide bonds. The van der Waals surface area contributed by atoms with Gasteiger partial charge >= 0.3 is 12.2 Å². The summed E-state index contributed by atoms with van der Waals surface area (Å²) in [6.07, 6.45) is -3.86. The van der Waals surface area contributed by atoms with Crippen LogP contribution in [0.1, 0.15) is 41.8 Å². The minimum absolute atomic E-state index is 0.0239. The van der Waals surface area contributed by atoms with Crippen molar-refractivity contribution in [1.29, 1.82) is 0 Å². The number of ether oxygens (including phenoxy) is 3. The number of nitrogens with zero attached hydrogens (tertiary/aromatic N) is 4. The Hall–Kier alpha value is -4.66. The van der Waals surface area contributed by atoms with Crippen molar-refractivity contribution in [3.63, 3.8) is 0 Å². The largest absolute Gasteiger partial charge is 0.492 e. The topological polar surface area (TPSA) is 123 Å². The second-order valence-electron chi connectivity index (χ2n) is 12.9. The van der Waals surface area contributed by atoms with Crippen LogP contribution in [-0.4, -0.2) is 77.9 Å². The Morgan fingerprint density at radius 2 is 1.75 bits per heavy atom. The first kappa shape index (κ1) is 37.6. The van der Waals surface area contributed by atoms with Crippen LogP contribution in [0.5, 0.6) is 11.8 Å². The predicted octanol–water partition coefficient (Wildman–Crippen LogP) is 6.88. The van der Waals surface area contributed by atoms with Crippen molar-refractivity contribution in [3.8, 4) is 11.8 Å². The Bertz CT molecular complexity index is 1730. The van der Waals surface area contributed by atoms with Crippen LogP contribution < -0.4 is 25.4 Å². The molecule has 11 nitrogen and oxygen atoms in total. The highest BCUT2D eigenvalue weighted by Gasteiger charge is 2.29. The highest BCUT2D eigenvalue weighted by molar-refractivity contribution is 6.32. The standard InChI is InChI=1S/C36H41ClF3N7O4/c1-35(2)22-42-31(48)27-10-12-28(13-11-27)43-33-44-32(45-34(46-33)51-24-36(38,39)40)41-20-26-9-14-30(29(37)19-26)50-17-6-15-47(23-35)16-18-49-21-25-7-4-3-5-8-25/h3-5,7-14,19H,6,15-18,20-24H2,1-2H3,(H,42,48)(H2,41,43,44,45,46). The van der Waals surface area contributed by atoms with Gasteiger partial charge in [-0.15, -0.1) is 0 Å². The van der Waals surface area contributed by atoms with Gasteiger partial charge in [0.05, 0.1) is 24.8 Å². The third kappa shape index (κ3) is 12.6. The number of hydrogen-bond donors (Lipinski definition) is 3. The van der Waals surface area contributed by atoms with Crippen molar-refractivity contribution in [2.75, 3.05) is 56.6 Å². The summed E-state index contributed by atoms with van der Waals surface area (Å²) in [6, 6.07) is 21.4. The maximum atomic E-state index is 13.1. The lowest BCUT2D eigenvalue weighted by Crippen LogP contribution is -2.43. The predicted molar refractivity (Wildman–Crippen MR) is 189 cm³/mol. The Morgan fingerprint density at radius 3 is 2.49 bits per heavy atom. The van der Waals surface area contributed by atoms with Gasteiger partial charge in [0.2, 0.25) is 11.9 Å². The number of carbonyl (C=O) groups excluding carboxylic acids is 1. The summed E-state index contributed by atoms with van der Waals surface area (Å²) >= 11 is 6.56. The molecule has 4 aliphatic heterocycles. The molecule has 8 rings (SSSR count). The van der Waals surface area contributed by atoms with E-state index in [0.717, 1.165) is 24.1 Å². The van der Waals surface area contributed by atoms with E-state index < -0.39 is 18.8 Å². The Kier molecular flexibility index (Phi) is 12.9. The van der Waals surface area contributed by atoms with Crippen molar-refractivity contribution >= 4 is 35.1 Å². The number of rotatable bonds is 7. The lowest BCUT2D eigenvalue weighted by atomic mass is 9.92. The fraction of sp³-hybridized carbons (Fsp3) is 0.389. The third-order valence-electron chi connectivity index (χ3n) is 7.75. The number of aromatic nitrogens is 3. The van der Waals surface area contributed by atoms with Gasteiger partial charge in [-0.2, -0.15) is 28.1 Å². The number of nitrogens with one attached hydrogen (secondary N) is 3. The van der Waals surface area contributed by atoms with Gasteiger partial charge in [-0.05, 0) is 59.4 Å². The molecule has 0 atom stereocenters. The molecule has 6 bridgehead atoms. The summed E-state index contributed by atoms with van der Waals surface area (Å²) in [5, 5.41) is 9.38. The first-order chi connectivity index (χ1) is 24.4. The molecule has 0 radical (unpaired) electrons. The van der Waals surface area contributed by atoms with Crippen molar-refractivity contribution in [1.82, 2.24) is 25.2 Å². The zero-order chi connectivity index (χ0) is 36.3. The van der Waals surface area contributed by atoms with E-state index in [1.165, 1.54) is 0 Å². The number of amides is 1. The molecule has 0 aliphatic carbocycles. The van der Waals surface area contributed by atoms with Gasteiger partial charge in [0.1, 0.15) is 5.75 Å². The first-order valence-electron chi connectivity index (χ1n) is 16.5. The summed E-state index contributed by atoms with van der Waals surface area (Å²) in [7, 11) is 0. The van der Waals surface area contributed by atoms with Crippen molar-refractivity contribution in [2.24, 2.45) is 5.41 Å². The molecule has 4 aromatic rings. The molecule has 0 saturated heterocycles. The summed E-state index contributed by atoms with van der Waals surface area (Å²) in [6.45, 7) is 6.90. The Balaban J connectivity index is 1.32. The van der Waals surface area contributed by atoms with E-state index in [-0.39, 0.29) is 29.8 Å². The molecule has 1 aromatic heterocycles. The fourth-order valence-corrected chi connectivity index (χ4v) is 5.53. The SMILES string of the molecule is CC1(C)CNC(=O)c2ccc(cc2)Nc2nc(nc(OCC(F)(F)F)n2)NCc2ccc(c(Cl)c2)OCCCN(CCOCc2ccccc2)C1. The molecule has 272 valence electrons. The van der Waals surface area contributed by atoms with Gasteiger partial charge in [0.15, 0.2) is 6.61 Å². The maximum Gasteiger partial charge on any atom is 0.422 e. The second kappa shape index (κ2) is 17.5. The van der Waals surface area contributed by atoms with Crippen molar-refractivity contribution in [3.05, 3.63) is 94.5 Å². The van der Waals surface area contributed by atoms with Gasteiger partial charge in [-0.3, -0.25) is 4.79 Å². The molecule has 51 heavy (non-hydrogen) atoms. The van der Waals surface area contributed by atoms with E-state index in [1.807, 2.05) is 36.4 Å². The smallest absolute Gasteiger partial charge is 0.422 e. The van der Waals surface area contributed by atoms with E-state index in [0.29, 0.717) is 61.5 Å². The summed E-state index contributed by atoms with van der Waals surface area (Å²) in [5.41, 5.74) is 2.52. The zero-order valence-corrected chi connectivity index (χ0v) is 29.2. The quantitative estimate of drug-likeness (QED) is 0.174. The molecular weight excluding hydrogens is 687 g/mol. The average molecular weight is 728 g/mol. The molecule has 4 aliphatic rings. The number of anilines is 3. The van der Waals surface area contributed by atoms with Gasteiger partial charge in [-0.25, -0.2) is 0 Å². The van der Waals surface area contributed by atoms with Crippen LogP contribution in [0.15, 0.2) is 72.8 Å². The molecule has 3 aromatic carbocycles. The molecule has 0 fully saturated rings. The van der Waals surface area contributed by atoms with Crippen LogP contribution in [0.3, 0.4) is 0 Å². The van der Waals surface area contributed by atoms with E-state index in [1.54, 1.807) is 36.4 Å². The van der Waals surface area contributed by atoms with E-state index in [9.17, 15) is 18.0 Å². The van der Waals surface area contributed by atoms with Gasteiger partial charge in [0, 0.05) is 44.0 Å². The zero-order valence-electron chi connectivity index (χ0n) is 28.4. The minimum atomic E-state index is -4.59. The minimum Gasteiger partial charge on any atom is -0.492 e.